The van der Waals surface area contributed by atoms with Gasteiger partial charge in [-0.15, -0.1) is 0 Å². The quantitative estimate of drug-likeness (QED) is 0.139. The minimum absolute atomic E-state index is 0.514. The maximum absolute atomic E-state index is 10.6. The fourth-order valence-corrected chi connectivity index (χ4v) is 3.28. The number of anilines is 2. The Morgan fingerprint density at radius 3 is 1.30 bits per heavy atom. The van der Waals surface area contributed by atoms with Crippen molar-refractivity contribution in [3.05, 3.63) is 60.7 Å². The SMILES string of the molecule is Nc1ccc2c(OCCCCCOc3cccc4nc(N)ccc34)cccc2n1.O=C(O)C(F)(F)F.O=C(O)C(F)(F)F. The molecule has 4 rings (SSSR count). The van der Waals surface area contributed by atoms with Crippen LogP contribution in [0.4, 0.5) is 38.0 Å². The Bertz CT molecular complexity index is 1420. The number of carboxylic acids is 2. The number of fused-ring (bicyclic) bond motifs is 2. The number of halogens is 6. The molecule has 43 heavy (non-hydrogen) atoms. The van der Waals surface area contributed by atoms with Crippen LogP contribution in [-0.2, 0) is 9.59 Å². The average molecular weight is 617 g/mol. The van der Waals surface area contributed by atoms with Gasteiger partial charge in [0.2, 0.25) is 0 Å². The number of hydrogen-bond donors (Lipinski definition) is 4. The van der Waals surface area contributed by atoms with Gasteiger partial charge in [-0.3, -0.25) is 0 Å². The molecule has 2 aromatic carbocycles. The number of nitrogen functional groups attached to an aromatic ring is 2. The number of nitrogens with zero attached hydrogens (tertiary/aromatic N) is 2. The molecule has 0 saturated heterocycles. The smallest absolute Gasteiger partial charge is 0.490 e. The average Bonchev–Trinajstić information content (AvgIpc) is 2.92. The van der Waals surface area contributed by atoms with Crippen molar-refractivity contribution in [2.75, 3.05) is 24.7 Å². The first-order valence-electron chi connectivity index (χ1n) is 12.3. The summed E-state index contributed by atoms with van der Waals surface area (Å²) in [5.41, 5.74) is 13.2. The van der Waals surface area contributed by atoms with Gasteiger partial charge in [-0.2, -0.15) is 26.3 Å². The molecule has 0 aliphatic heterocycles. The minimum atomic E-state index is -5.08. The monoisotopic (exact) mass is 616 g/mol. The number of carboxylic acid groups (broad SMARTS) is 2. The van der Waals surface area contributed by atoms with Gasteiger partial charge < -0.3 is 31.2 Å². The number of carbonyl (C=O) groups is 2. The van der Waals surface area contributed by atoms with Crippen LogP contribution in [0.25, 0.3) is 21.8 Å². The number of aromatic nitrogens is 2. The summed E-state index contributed by atoms with van der Waals surface area (Å²) in [7, 11) is 0. The van der Waals surface area contributed by atoms with Crippen molar-refractivity contribution in [1.82, 2.24) is 9.97 Å². The van der Waals surface area contributed by atoms with E-state index in [4.69, 9.17) is 40.7 Å². The maximum atomic E-state index is 10.6. The van der Waals surface area contributed by atoms with Gasteiger partial charge in [0.1, 0.15) is 23.1 Å². The van der Waals surface area contributed by atoms with E-state index in [9.17, 15) is 26.3 Å². The molecule has 0 fully saturated rings. The van der Waals surface area contributed by atoms with Crippen molar-refractivity contribution in [1.29, 1.82) is 0 Å². The second-order valence-electron chi connectivity index (χ2n) is 8.48. The molecule has 232 valence electrons. The summed E-state index contributed by atoms with van der Waals surface area (Å²) >= 11 is 0. The molecule has 0 unspecified atom stereocenters. The van der Waals surface area contributed by atoms with Crippen molar-refractivity contribution in [2.45, 2.75) is 31.6 Å². The van der Waals surface area contributed by atoms with Crippen molar-refractivity contribution >= 4 is 45.4 Å². The van der Waals surface area contributed by atoms with E-state index in [0.29, 0.717) is 24.8 Å². The lowest BCUT2D eigenvalue weighted by molar-refractivity contribution is -0.193. The van der Waals surface area contributed by atoms with Gasteiger partial charge in [0.05, 0.1) is 24.2 Å². The summed E-state index contributed by atoms with van der Waals surface area (Å²) < 4.78 is 75.4. The van der Waals surface area contributed by atoms with Crippen molar-refractivity contribution in [3.8, 4) is 11.5 Å². The second kappa shape index (κ2) is 15.3. The highest BCUT2D eigenvalue weighted by Crippen LogP contribution is 2.26. The number of benzene rings is 2. The van der Waals surface area contributed by atoms with E-state index in [-0.39, 0.29) is 0 Å². The largest absolute Gasteiger partial charge is 0.493 e. The Kier molecular flexibility index (Phi) is 12.1. The normalized spacial score (nSPS) is 11.1. The Morgan fingerprint density at radius 1 is 0.628 bits per heavy atom. The highest BCUT2D eigenvalue weighted by atomic mass is 19.4. The van der Waals surface area contributed by atoms with Crippen LogP contribution in [0.2, 0.25) is 0 Å². The van der Waals surface area contributed by atoms with Gasteiger partial charge in [0.25, 0.3) is 0 Å². The van der Waals surface area contributed by atoms with Crippen LogP contribution in [0.15, 0.2) is 60.7 Å². The number of alkyl halides is 6. The van der Waals surface area contributed by atoms with E-state index in [1.165, 1.54) is 0 Å². The Hall–Kier alpha value is -5.02. The van der Waals surface area contributed by atoms with E-state index >= 15 is 0 Å². The third-order valence-corrected chi connectivity index (χ3v) is 5.22. The molecule has 6 N–H and O–H groups in total. The topological polar surface area (TPSA) is 171 Å². The van der Waals surface area contributed by atoms with E-state index in [1.54, 1.807) is 12.1 Å². The summed E-state index contributed by atoms with van der Waals surface area (Å²) in [5, 5.41) is 16.2. The van der Waals surface area contributed by atoms with Crippen LogP contribution in [0.3, 0.4) is 0 Å². The number of ether oxygens (including phenoxy) is 2. The number of aliphatic carboxylic acids is 2. The first-order valence-corrected chi connectivity index (χ1v) is 12.3. The summed E-state index contributed by atoms with van der Waals surface area (Å²) in [4.78, 5) is 26.5. The lowest BCUT2D eigenvalue weighted by Crippen LogP contribution is -2.21. The lowest BCUT2D eigenvalue weighted by atomic mass is 10.2. The van der Waals surface area contributed by atoms with E-state index in [2.05, 4.69) is 9.97 Å². The zero-order valence-corrected chi connectivity index (χ0v) is 22.2. The maximum Gasteiger partial charge on any atom is 0.490 e. The number of hydrogen-bond acceptors (Lipinski definition) is 8. The summed E-state index contributed by atoms with van der Waals surface area (Å²) in [6, 6.07) is 19.2. The number of unbranched alkanes of at least 4 members (excludes halogenated alkanes) is 2. The van der Waals surface area contributed by atoms with E-state index < -0.39 is 24.3 Å². The molecule has 2 aromatic heterocycles. The third-order valence-electron chi connectivity index (χ3n) is 5.22. The van der Waals surface area contributed by atoms with Gasteiger partial charge in [-0.1, -0.05) is 12.1 Å². The molecular weight excluding hydrogens is 590 g/mol. The van der Waals surface area contributed by atoms with Crippen LogP contribution < -0.4 is 20.9 Å². The van der Waals surface area contributed by atoms with Crippen molar-refractivity contribution < 1.29 is 55.6 Å². The van der Waals surface area contributed by atoms with Crippen molar-refractivity contribution in [2.24, 2.45) is 0 Å². The fourth-order valence-electron chi connectivity index (χ4n) is 3.28. The Labute approximate surface area is 239 Å². The van der Waals surface area contributed by atoms with Crippen molar-refractivity contribution in [3.63, 3.8) is 0 Å². The number of rotatable bonds is 8. The Morgan fingerprint density at radius 2 is 0.977 bits per heavy atom. The zero-order chi connectivity index (χ0) is 32.2. The third kappa shape index (κ3) is 11.4. The molecule has 2 heterocycles. The summed E-state index contributed by atoms with van der Waals surface area (Å²) in [5.74, 6) is -2.80. The molecule has 0 saturated carbocycles. The first kappa shape index (κ1) is 34.2. The summed E-state index contributed by atoms with van der Waals surface area (Å²) in [6.45, 7) is 1.31. The van der Waals surface area contributed by atoms with Crippen LogP contribution in [0.1, 0.15) is 19.3 Å². The predicted octanol–water partition coefficient (Wildman–Crippen LogP) is 5.84. The molecule has 0 bridgehead atoms. The molecule has 0 amide bonds. The predicted molar refractivity (Wildman–Crippen MR) is 145 cm³/mol. The van der Waals surface area contributed by atoms with Crippen LogP contribution in [0, 0.1) is 0 Å². The second-order valence-corrected chi connectivity index (χ2v) is 8.48. The van der Waals surface area contributed by atoms with E-state index in [1.807, 2.05) is 48.5 Å². The molecule has 4 aromatic rings. The molecule has 0 spiro atoms. The molecule has 16 heteroatoms. The van der Waals surface area contributed by atoms with Crippen LogP contribution >= 0.6 is 0 Å². The molecule has 0 aliphatic rings. The zero-order valence-electron chi connectivity index (χ0n) is 22.2. The van der Waals surface area contributed by atoms with Gasteiger partial charge in [-0.05, 0) is 67.8 Å². The lowest BCUT2D eigenvalue weighted by Gasteiger charge is -2.10. The molecule has 0 atom stereocenters. The fraction of sp³-hybridized carbons (Fsp3) is 0.259. The minimum Gasteiger partial charge on any atom is -0.493 e. The highest BCUT2D eigenvalue weighted by Gasteiger charge is 2.38. The number of pyridine rings is 2. The highest BCUT2D eigenvalue weighted by molar-refractivity contribution is 5.87. The number of nitrogens with two attached hydrogens (primary N) is 2. The molecule has 10 nitrogen and oxygen atoms in total. The van der Waals surface area contributed by atoms with Gasteiger partial charge in [0, 0.05) is 10.8 Å². The van der Waals surface area contributed by atoms with Crippen LogP contribution in [0.5, 0.6) is 11.5 Å². The van der Waals surface area contributed by atoms with Crippen LogP contribution in [-0.4, -0.2) is 57.7 Å². The molecule has 0 radical (unpaired) electrons. The molecular formula is C27H26F6N4O6. The molecule has 0 aliphatic carbocycles. The standard InChI is InChI=1S/C23H24N4O2.2C2HF3O2/c24-22-12-10-16-18(26-22)6-4-8-20(16)28-14-2-1-3-15-29-21-9-5-7-19-17(21)11-13-23(25)27-19;2*3-2(4,5)1(6)7/h4-13H,1-3,14-15H2,(H2,24,26)(H2,25,27);2*(H,6,7). The van der Waals surface area contributed by atoms with Gasteiger partial charge >= 0.3 is 24.3 Å². The summed E-state index contributed by atoms with van der Waals surface area (Å²) in [6.07, 6.45) is -7.24. The first-order chi connectivity index (χ1) is 20.1. The van der Waals surface area contributed by atoms with E-state index in [0.717, 1.165) is 52.6 Å². The van der Waals surface area contributed by atoms with Gasteiger partial charge in [0.15, 0.2) is 0 Å². The van der Waals surface area contributed by atoms with Gasteiger partial charge in [-0.25, -0.2) is 19.6 Å². The Balaban J connectivity index is 0.000000384.